The molecule has 34 heavy (non-hydrogen) atoms. The van der Waals surface area contributed by atoms with E-state index in [9.17, 15) is 9.18 Å². The quantitative estimate of drug-likeness (QED) is 0.246. The summed E-state index contributed by atoms with van der Waals surface area (Å²) in [6.07, 6.45) is 0.787. The number of amides is 1. The van der Waals surface area contributed by atoms with Crippen LogP contribution < -0.4 is 14.9 Å². The van der Waals surface area contributed by atoms with Gasteiger partial charge >= 0.3 is 0 Å². The molecule has 0 saturated carbocycles. The van der Waals surface area contributed by atoms with Gasteiger partial charge in [-0.3, -0.25) is 4.79 Å². The van der Waals surface area contributed by atoms with Crippen LogP contribution in [0.1, 0.15) is 18.1 Å². The Kier molecular flexibility index (Phi) is 7.40. The molecule has 0 aliphatic heterocycles. The molecule has 0 bridgehead atoms. The second kappa shape index (κ2) is 10.8. The van der Waals surface area contributed by atoms with Crippen molar-refractivity contribution in [1.29, 1.82) is 0 Å². The molecule has 7 heteroatoms. The summed E-state index contributed by atoms with van der Waals surface area (Å²) in [4.78, 5) is 12.5. The van der Waals surface area contributed by atoms with Crippen molar-refractivity contribution >= 4 is 34.5 Å². The number of halogens is 2. The molecule has 172 valence electrons. The average molecular weight is 477 g/mol. The monoisotopic (exact) mass is 476 g/mol. The number of nitrogens with zero attached hydrogens (tertiary/aromatic N) is 1. The van der Waals surface area contributed by atoms with Gasteiger partial charge in [-0.25, -0.2) is 9.82 Å². The fourth-order valence-electron chi connectivity index (χ4n) is 3.30. The van der Waals surface area contributed by atoms with Gasteiger partial charge < -0.3 is 9.47 Å². The highest BCUT2D eigenvalue weighted by atomic mass is 35.5. The molecule has 1 amide bonds. The lowest BCUT2D eigenvalue weighted by atomic mass is 10.0. The van der Waals surface area contributed by atoms with Gasteiger partial charge in [0.25, 0.3) is 5.91 Å². The molecular weight excluding hydrogens is 455 g/mol. The summed E-state index contributed by atoms with van der Waals surface area (Å²) in [7, 11) is 0. The lowest BCUT2D eigenvalue weighted by molar-refractivity contribution is -0.127. The van der Waals surface area contributed by atoms with Crippen LogP contribution in [-0.4, -0.2) is 18.2 Å². The van der Waals surface area contributed by atoms with Gasteiger partial charge in [-0.15, -0.1) is 0 Å². The van der Waals surface area contributed by atoms with Gasteiger partial charge in [-0.05, 0) is 65.7 Å². The topological polar surface area (TPSA) is 59.9 Å². The van der Waals surface area contributed by atoms with Gasteiger partial charge in [0.2, 0.25) is 0 Å². The molecular formula is C27H22ClFN2O3. The zero-order chi connectivity index (χ0) is 23.9. The second-order valence-corrected chi connectivity index (χ2v) is 8.00. The minimum Gasteiger partial charge on any atom is -0.488 e. The Labute approximate surface area is 201 Å². The van der Waals surface area contributed by atoms with Crippen LogP contribution in [0, 0.1) is 5.82 Å². The number of benzene rings is 4. The van der Waals surface area contributed by atoms with E-state index in [4.69, 9.17) is 21.1 Å². The molecule has 0 aliphatic carbocycles. The normalized spacial score (nSPS) is 12.0. The Morgan fingerprint density at radius 2 is 1.76 bits per heavy atom. The van der Waals surface area contributed by atoms with Crippen molar-refractivity contribution in [2.24, 2.45) is 5.10 Å². The number of carbonyl (C=O) groups is 1. The summed E-state index contributed by atoms with van der Waals surface area (Å²) in [5, 5.41) is 6.65. The van der Waals surface area contributed by atoms with Crippen molar-refractivity contribution in [2.75, 3.05) is 0 Å². The van der Waals surface area contributed by atoms with E-state index in [2.05, 4.69) is 10.5 Å². The highest BCUT2D eigenvalue weighted by Gasteiger charge is 2.14. The largest absolute Gasteiger partial charge is 0.488 e. The van der Waals surface area contributed by atoms with E-state index >= 15 is 0 Å². The molecule has 5 nitrogen and oxygen atoms in total. The summed E-state index contributed by atoms with van der Waals surface area (Å²) in [6.45, 7) is 1.90. The number of hydrazone groups is 1. The minimum atomic E-state index is -0.764. The maximum atomic E-state index is 13.2. The Bertz CT molecular complexity index is 1310. The molecule has 0 spiro atoms. The summed E-state index contributed by atoms with van der Waals surface area (Å²) < 4.78 is 24.8. The average Bonchev–Trinajstić information content (AvgIpc) is 2.85. The van der Waals surface area contributed by atoms with Crippen LogP contribution >= 0.6 is 11.6 Å². The predicted molar refractivity (Wildman–Crippen MR) is 132 cm³/mol. The maximum absolute atomic E-state index is 13.2. The molecule has 4 aromatic rings. The fourth-order valence-corrected chi connectivity index (χ4v) is 3.42. The molecule has 1 N–H and O–H groups in total. The van der Waals surface area contributed by atoms with Gasteiger partial charge in [0.05, 0.1) is 6.21 Å². The van der Waals surface area contributed by atoms with Crippen LogP contribution in [0.2, 0.25) is 5.02 Å². The van der Waals surface area contributed by atoms with Gasteiger partial charge in [0.15, 0.2) is 6.10 Å². The molecule has 1 atom stereocenters. The van der Waals surface area contributed by atoms with E-state index in [1.165, 1.54) is 12.1 Å². The van der Waals surface area contributed by atoms with Crippen molar-refractivity contribution in [2.45, 2.75) is 19.6 Å². The molecule has 0 fully saturated rings. The zero-order valence-corrected chi connectivity index (χ0v) is 19.1. The molecule has 0 aliphatic rings. The van der Waals surface area contributed by atoms with E-state index in [1.54, 1.807) is 49.5 Å². The smallest absolute Gasteiger partial charge is 0.280 e. The molecule has 0 aromatic heterocycles. The molecule has 0 unspecified atom stereocenters. The Morgan fingerprint density at radius 3 is 2.53 bits per heavy atom. The first kappa shape index (κ1) is 23.3. The van der Waals surface area contributed by atoms with Crippen LogP contribution in [0.25, 0.3) is 10.8 Å². The Morgan fingerprint density at radius 1 is 1.03 bits per heavy atom. The third-order valence-electron chi connectivity index (χ3n) is 5.10. The number of rotatable bonds is 8. The van der Waals surface area contributed by atoms with Crippen LogP contribution in [0.3, 0.4) is 0 Å². The van der Waals surface area contributed by atoms with Crippen LogP contribution in [0.15, 0.2) is 90.0 Å². The lowest BCUT2D eigenvalue weighted by Crippen LogP contribution is -2.33. The predicted octanol–water partition coefficient (Wildman–Crippen LogP) is 6.13. The summed E-state index contributed by atoms with van der Waals surface area (Å²) in [6, 6.07) is 24.5. The highest BCUT2D eigenvalue weighted by molar-refractivity contribution is 6.30. The number of hydrogen-bond acceptors (Lipinski definition) is 4. The van der Waals surface area contributed by atoms with E-state index in [0.717, 1.165) is 16.3 Å². The standard InChI is InChI=1S/C27H22ClFN2O3/c1-18(34-23-13-9-21(28)10-14-23)27(32)31-30-16-25-24-5-3-2-4-20(24)8-15-26(25)33-17-19-6-11-22(29)12-7-19/h2-16,18H,17H2,1H3,(H,31,32)/b30-16-/t18-/m0/s1. The zero-order valence-electron chi connectivity index (χ0n) is 18.4. The van der Waals surface area contributed by atoms with Gasteiger partial charge in [-0.2, -0.15) is 5.10 Å². The highest BCUT2D eigenvalue weighted by Crippen LogP contribution is 2.27. The van der Waals surface area contributed by atoms with Gasteiger partial charge in [-0.1, -0.05) is 54.1 Å². The van der Waals surface area contributed by atoms with Crippen molar-refractivity contribution in [1.82, 2.24) is 5.43 Å². The Balaban J connectivity index is 1.48. The molecule has 4 aromatic carbocycles. The number of hydrogen-bond donors (Lipinski definition) is 1. The first-order valence-corrected chi connectivity index (χ1v) is 11.0. The van der Waals surface area contributed by atoms with E-state index in [1.807, 2.05) is 36.4 Å². The number of carbonyl (C=O) groups excluding carboxylic acids is 1. The van der Waals surface area contributed by atoms with Gasteiger partial charge in [0.1, 0.15) is 23.9 Å². The fraction of sp³-hybridized carbons (Fsp3) is 0.111. The van der Waals surface area contributed by atoms with Crippen molar-refractivity contribution in [3.63, 3.8) is 0 Å². The molecule has 0 saturated heterocycles. The third kappa shape index (κ3) is 5.91. The van der Waals surface area contributed by atoms with E-state index in [-0.39, 0.29) is 12.4 Å². The van der Waals surface area contributed by atoms with Crippen molar-refractivity contribution in [3.8, 4) is 11.5 Å². The van der Waals surface area contributed by atoms with Crippen molar-refractivity contribution < 1.29 is 18.7 Å². The Hall–Kier alpha value is -3.90. The third-order valence-corrected chi connectivity index (χ3v) is 5.35. The molecule has 4 rings (SSSR count). The lowest BCUT2D eigenvalue weighted by Gasteiger charge is -2.13. The number of fused-ring (bicyclic) bond motifs is 1. The molecule has 0 heterocycles. The molecule has 0 radical (unpaired) electrons. The maximum Gasteiger partial charge on any atom is 0.280 e. The SMILES string of the molecule is C[C@H](Oc1ccc(Cl)cc1)C(=O)N/N=C\c1c(OCc2ccc(F)cc2)ccc2ccccc12. The first-order valence-electron chi connectivity index (χ1n) is 10.6. The van der Waals surface area contributed by atoms with Crippen molar-refractivity contribution in [3.05, 3.63) is 107 Å². The van der Waals surface area contributed by atoms with Gasteiger partial charge in [0, 0.05) is 10.6 Å². The summed E-state index contributed by atoms with van der Waals surface area (Å²) >= 11 is 5.88. The number of ether oxygens (including phenoxy) is 2. The van der Waals surface area contributed by atoms with E-state index in [0.29, 0.717) is 22.1 Å². The summed E-state index contributed by atoms with van der Waals surface area (Å²) in [5.74, 6) is 0.417. The van der Waals surface area contributed by atoms with Crippen LogP contribution in [0.4, 0.5) is 4.39 Å². The van der Waals surface area contributed by atoms with Crippen LogP contribution in [-0.2, 0) is 11.4 Å². The minimum absolute atomic E-state index is 0.262. The van der Waals surface area contributed by atoms with Crippen LogP contribution in [0.5, 0.6) is 11.5 Å². The first-order chi connectivity index (χ1) is 16.5. The van der Waals surface area contributed by atoms with E-state index < -0.39 is 12.0 Å². The second-order valence-electron chi connectivity index (χ2n) is 7.56. The number of nitrogens with one attached hydrogen (secondary N) is 1. The summed E-state index contributed by atoms with van der Waals surface area (Å²) in [5.41, 5.74) is 4.06.